The Kier molecular flexibility index (Phi) is 5.31. The molecule has 0 bridgehead atoms. The van der Waals surface area contributed by atoms with Crippen molar-refractivity contribution in [2.45, 2.75) is 0 Å². The minimum Gasteiger partial charge on any atom is -0.504 e. The number of carbonyl (C=O) groups excluding carboxylic acids is 1. The van der Waals surface area contributed by atoms with Gasteiger partial charge in [-0.3, -0.25) is 4.79 Å². The first-order chi connectivity index (χ1) is 7.77. The van der Waals surface area contributed by atoms with Gasteiger partial charge in [-0.25, -0.2) is 0 Å². The number of benzene rings is 1. The van der Waals surface area contributed by atoms with Crippen molar-refractivity contribution in [3.63, 3.8) is 0 Å². The summed E-state index contributed by atoms with van der Waals surface area (Å²) < 4.78 is 10.4. The number of hydrogen-bond acceptors (Lipinski definition) is 5. The van der Waals surface area contributed by atoms with Gasteiger partial charge >= 0.3 is 0 Å². The van der Waals surface area contributed by atoms with Crippen molar-refractivity contribution < 1.29 is 19.4 Å². The average Bonchev–Trinajstić information content (AvgIpc) is 2.30. The van der Waals surface area contributed by atoms with Gasteiger partial charge in [-0.15, -0.1) is 0 Å². The molecule has 0 heterocycles. The second kappa shape index (κ2) is 6.81. The highest BCUT2D eigenvalue weighted by Gasteiger charge is 2.02. The summed E-state index contributed by atoms with van der Waals surface area (Å²) in [6, 6.07) is 4.47. The maximum Gasteiger partial charge on any atom is 0.161 e. The Morgan fingerprint density at radius 2 is 2.12 bits per heavy atom. The average molecular weight is 225 g/mol. The number of ether oxygens (including phenoxy) is 2. The molecule has 16 heavy (non-hydrogen) atoms. The lowest BCUT2D eigenvalue weighted by Gasteiger charge is -2.08. The Morgan fingerprint density at radius 3 is 2.75 bits per heavy atom. The molecule has 1 aromatic rings. The van der Waals surface area contributed by atoms with E-state index in [1.54, 1.807) is 12.1 Å². The third-order valence-electron chi connectivity index (χ3n) is 1.87. The van der Waals surface area contributed by atoms with Crippen LogP contribution in [0.5, 0.6) is 11.5 Å². The van der Waals surface area contributed by atoms with Crippen molar-refractivity contribution in [1.29, 1.82) is 0 Å². The van der Waals surface area contributed by atoms with E-state index in [1.807, 2.05) is 0 Å². The van der Waals surface area contributed by atoms with E-state index in [0.29, 0.717) is 44.0 Å². The first kappa shape index (κ1) is 12.5. The van der Waals surface area contributed by atoms with Crippen LogP contribution in [-0.4, -0.2) is 37.8 Å². The van der Waals surface area contributed by atoms with Gasteiger partial charge < -0.3 is 20.3 Å². The minimum atomic E-state index is -0.0524. The zero-order chi connectivity index (χ0) is 11.8. The normalized spacial score (nSPS) is 10.1. The van der Waals surface area contributed by atoms with Crippen molar-refractivity contribution in [3.8, 4) is 11.5 Å². The molecule has 0 spiro atoms. The number of aldehydes is 1. The van der Waals surface area contributed by atoms with Gasteiger partial charge in [0.1, 0.15) is 12.9 Å². The topological polar surface area (TPSA) is 81.8 Å². The van der Waals surface area contributed by atoms with Crippen LogP contribution in [0, 0.1) is 0 Å². The lowest BCUT2D eigenvalue weighted by molar-refractivity contribution is 0.104. The van der Waals surface area contributed by atoms with E-state index in [-0.39, 0.29) is 5.75 Å². The molecule has 0 fully saturated rings. The summed E-state index contributed by atoms with van der Waals surface area (Å²) in [6.07, 6.45) is 0.661. The van der Waals surface area contributed by atoms with Crippen molar-refractivity contribution >= 4 is 6.29 Å². The SMILES string of the molecule is NCCOCCOc1ccc(C=O)cc1O. The third kappa shape index (κ3) is 3.88. The van der Waals surface area contributed by atoms with Gasteiger partial charge in [-0.05, 0) is 18.2 Å². The molecule has 0 radical (unpaired) electrons. The summed E-state index contributed by atoms with van der Waals surface area (Å²) in [4.78, 5) is 10.4. The van der Waals surface area contributed by atoms with Crippen LogP contribution in [0.25, 0.3) is 0 Å². The smallest absolute Gasteiger partial charge is 0.161 e. The zero-order valence-corrected chi connectivity index (χ0v) is 8.89. The molecule has 5 heteroatoms. The highest BCUT2D eigenvalue weighted by molar-refractivity contribution is 5.76. The van der Waals surface area contributed by atoms with E-state index in [9.17, 15) is 9.90 Å². The number of phenols is 1. The number of carbonyl (C=O) groups is 1. The molecule has 0 aliphatic carbocycles. The standard InChI is InChI=1S/C11H15NO4/c12-3-4-15-5-6-16-11-2-1-9(8-13)7-10(11)14/h1-2,7-8,14H,3-6,12H2. The van der Waals surface area contributed by atoms with Crippen LogP contribution < -0.4 is 10.5 Å². The molecule has 0 amide bonds. The highest BCUT2D eigenvalue weighted by atomic mass is 16.5. The molecule has 88 valence electrons. The first-order valence-electron chi connectivity index (χ1n) is 4.96. The largest absolute Gasteiger partial charge is 0.504 e. The molecule has 0 saturated carbocycles. The molecule has 0 unspecified atom stereocenters. The van der Waals surface area contributed by atoms with E-state index in [0.717, 1.165) is 0 Å². The predicted molar refractivity (Wildman–Crippen MR) is 58.9 cm³/mol. The summed E-state index contributed by atoms with van der Waals surface area (Å²) in [5.74, 6) is 0.283. The van der Waals surface area contributed by atoms with Crippen molar-refractivity contribution in [3.05, 3.63) is 23.8 Å². The fourth-order valence-corrected chi connectivity index (χ4v) is 1.13. The maximum absolute atomic E-state index is 10.4. The number of hydrogen-bond donors (Lipinski definition) is 2. The molecule has 1 aromatic carbocycles. The molecule has 3 N–H and O–H groups in total. The van der Waals surface area contributed by atoms with E-state index in [4.69, 9.17) is 15.2 Å². The summed E-state index contributed by atoms with van der Waals surface area (Å²) in [5.41, 5.74) is 5.65. The Morgan fingerprint density at radius 1 is 1.31 bits per heavy atom. The minimum absolute atomic E-state index is 0.0524. The molecule has 0 aliphatic rings. The van der Waals surface area contributed by atoms with Crippen molar-refractivity contribution in [2.75, 3.05) is 26.4 Å². The molecular formula is C11H15NO4. The Bertz CT molecular complexity index is 341. The summed E-state index contributed by atoms with van der Waals surface area (Å²) >= 11 is 0. The summed E-state index contributed by atoms with van der Waals surface area (Å²) in [7, 11) is 0. The molecule has 0 saturated heterocycles. The number of rotatable bonds is 7. The maximum atomic E-state index is 10.4. The lowest BCUT2D eigenvalue weighted by atomic mass is 10.2. The molecule has 0 aromatic heterocycles. The van der Waals surface area contributed by atoms with Gasteiger partial charge in [0.25, 0.3) is 0 Å². The van der Waals surface area contributed by atoms with Crippen LogP contribution in [0.4, 0.5) is 0 Å². The quantitative estimate of drug-likeness (QED) is 0.523. The summed E-state index contributed by atoms with van der Waals surface area (Å²) in [6.45, 7) is 1.69. The van der Waals surface area contributed by atoms with Crippen LogP contribution in [0.15, 0.2) is 18.2 Å². The molecular weight excluding hydrogens is 210 g/mol. The van der Waals surface area contributed by atoms with Gasteiger partial charge in [0, 0.05) is 12.1 Å². The Balaban J connectivity index is 2.39. The van der Waals surface area contributed by atoms with Crippen molar-refractivity contribution in [2.24, 2.45) is 5.73 Å². The van der Waals surface area contributed by atoms with E-state index in [2.05, 4.69) is 0 Å². The van der Waals surface area contributed by atoms with Gasteiger partial charge in [0.15, 0.2) is 11.5 Å². The van der Waals surface area contributed by atoms with Crippen LogP contribution in [0.1, 0.15) is 10.4 Å². The monoisotopic (exact) mass is 225 g/mol. The Labute approximate surface area is 93.8 Å². The lowest BCUT2D eigenvalue weighted by Crippen LogP contribution is -2.13. The van der Waals surface area contributed by atoms with Crippen LogP contribution >= 0.6 is 0 Å². The van der Waals surface area contributed by atoms with Gasteiger partial charge in [0.05, 0.1) is 13.2 Å². The molecule has 0 aliphatic heterocycles. The fourth-order valence-electron chi connectivity index (χ4n) is 1.13. The Hall–Kier alpha value is -1.59. The predicted octanol–water partition coefficient (Wildman–Crippen LogP) is 0.559. The highest BCUT2D eigenvalue weighted by Crippen LogP contribution is 2.25. The second-order valence-corrected chi connectivity index (χ2v) is 3.09. The van der Waals surface area contributed by atoms with E-state index >= 15 is 0 Å². The molecule has 0 atom stereocenters. The van der Waals surface area contributed by atoms with E-state index < -0.39 is 0 Å². The number of phenolic OH excluding ortho intramolecular Hbond substituents is 1. The van der Waals surface area contributed by atoms with Crippen molar-refractivity contribution in [1.82, 2.24) is 0 Å². The second-order valence-electron chi connectivity index (χ2n) is 3.09. The summed E-state index contributed by atoms with van der Waals surface area (Å²) in [5, 5.41) is 9.48. The van der Waals surface area contributed by atoms with E-state index in [1.165, 1.54) is 6.07 Å². The zero-order valence-electron chi connectivity index (χ0n) is 8.89. The number of aromatic hydroxyl groups is 1. The van der Waals surface area contributed by atoms with Crippen LogP contribution in [-0.2, 0) is 4.74 Å². The third-order valence-corrected chi connectivity index (χ3v) is 1.87. The first-order valence-corrected chi connectivity index (χ1v) is 4.96. The van der Waals surface area contributed by atoms with Gasteiger partial charge in [-0.2, -0.15) is 0 Å². The van der Waals surface area contributed by atoms with Gasteiger partial charge in [0.2, 0.25) is 0 Å². The fraction of sp³-hybridized carbons (Fsp3) is 0.364. The molecule has 1 rings (SSSR count). The number of nitrogens with two attached hydrogens (primary N) is 1. The van der Waals surface area contributed by atoms with Crippen LogP contribution in [0.2, 0.25) is 0 Å². The van der Waals surface area contributed by atoms with Crippen LogP contribution in [0.3, 0.4) is 0 Å². The van der Waals surface area contributed by atoms with Gasteiger partial charge in [-0.1, -0.05) is 0 Å². The molecule has 5 nitrogen and oxygen atoms in total.